The van der Waals surface area contributed by atoms with Crippen LogP contribution in [0.3, 0.4) is 0 Å². The van der Waals surface area contributed by atoms with Gasteiger partial charge in [-0.2, -0.15) is 0 Å². The molecule has 1 saturated heterocycles. The monoisotopic (exact) mass is 310 g/mol. The van der Waals surface area contributed by atoms with Crippen molar-refractivity contribution in [1.29, 1.82) is 0 Å². The number of piperidine rings is 1. The molecule has 0 radical (unpaired) electrons. The summed E-state index contributed by atoms with van der Waals surface area (Å²) in [4.78, 5) is 14.1. The van der Waals surface area contributed by atoms with Gasteiger partial charge in [0, 0.05) is 31.5 Å². The summed E-state index contributed by atoms with van der Waals surface area (Å²) in [7, 11) is 0. The minimum absolute atomic E-state index is 0.0262. The highest BCUT2D eigenvalue weighted by Gasteiger charge is 2.20. The number of pyridine rings is 1. The number of aliphatic hydroxyl groups excluding tert-OH is 2. The summed E-state index contributed by atoms with van der Waals surface area (Å²) in [5, 5.41) is 28.7. The van der Waals surface area contributed by atoms with Crippen LogP contribution in [0.5, 0.6) is 5.75 Å². The average molecular weight is 310 g/mol. The van der Waals surface area contributed by atoms with Gasteiger partial charge in [-0.15, -0.1) is 0 Å². The Kier molecular flexibility index (Phi) is 5.99. The van der Waals surface area contributed by atoms with Crippen LogP contribution in [-0.2, 0) is 19.7 Å². The Morgan fingerprint density at radius 3 is 2.55 bits per heavy atom. The van der Waals surface area contributed by atoms with E-state index in [-0.39, 0.29) is 19.0 Å². The van der Waals surface area contributed by atoms with Gasteiger partial charge in [0.15, 0.2) is 5.75 Å². The largest absolute Gasteiger partial charge is 0.503 e. The van der Waals surface area contributed by atoms with Crippen LogP contribution in [0.4, 0.5) is 0 Å². The van der Waals surface area contributed by atoms with Crippen molar-refractivity contribution < 1.29 is 15.3 Å². The van der Waals surface area contributed by atoms with Gasteiger partial charge >= 0.3 is 0 Å². The van der Waals surface area contributed by atoms with Crippen molar-refractivity contribution >= 4 is 0 Å². The van der Waals surface area contributed by atoms with Crippen molar-refractivity contribution in [3.05, 3.63) is 27.7 Å². The maximum Gasteiger partial charge on any atom is 0.223 e. The zero-order chi connectivity index (χ0) is 16.1. The van der Waals surface area contributed by atoms with E-state index in [1.165, 1.54) is 6.07 Å². The molecule has 124 valence electrons. The van der Waals surface area contributed by atoms with Crippen molar-refractivity contribution in [2.24, 2.45) is 5.92 Å². The number of hydrogen-bond donors (Lipinski definition) is 3. The van der Waals surface area contributed by atoms with Crippen molar-refractivity contribution in [2.75, 3.05) is 19.7 Å². The molecule has 1 aliphatic heterocycles. The number of aliphatic hydroxyl groups is 2. The third kappa shape index (κ3) is 3.88. The first-order chi connectivity index (χ1) is 10.6. The van der Waals surface area contributed by atoms with Gasteiger partial charge < -0.3 is 19.9 Å². The van der Waals surface area contributed by atoms with Crippen LogP contribution < -0.4 is 5.43 Å². The normalized spacial score (nSPS) is 17.0. The van der Waals surface area contributed by atoms with Crippen molar-refractivity contribution in [2.45, 2.75) is 45.9 Å². The number of aromatic hydroxyl groups is 1. The molecule has 0 amide bonds. The number of rotatable bonds is 6. The highest BCUT2D eigenvalue weighted by molar-refractivity contribution is 5.30. The molecule has 1 aliphatic rings. The molecule has 2 rings (SSSR count). The highest BCUT2D eigenvalue weighted by Crippen LogP contribution is 2.22. The van der Waals surface area contributed by atoms with E-state index in [9.17, 15) is 15.0 Å². The second-order valence-electron chi connectivity index (χ2n) is 6.14. The van der Waals surface area contributed by atoms with E-state index in [0.29, 0.717) is 36.8 Å². The van der Waals surface area contributed by atoms with E-state index in [0.717, 1.165) is 25.9 Å². The Bertz CT molecular complexity index is 548. The second kappa shape index (κ2) is 7.76. The summed E-state index contributed by atoms with van der Waals surface area (Å²) in [6, 6.07) is 1.27. The van der Waals surface area contributed by atoms with Crippen molar-refractivity contribution in [3.8, 4) is 5.75 Å². The van der Waals surface area contributed by atoms with Crippen LogP contribution in [0.2, 0.25) is 0 Å². The quantitative estimate of drug-likeness (QED) is 0.719. The molecule has 1 fully saturated rings. The van der Waals surface area contributed by atoms with E-state index in [1.807, 2.05) is 0 Å². The highest BCUT2D eigenvalue weighted by atomic mass is 16.3. The maximum absolute atomic E-state index is 11.9. The van der Waals surface area contributed by atoms with Crippen LogP contribution in [0.1, 0.15) is 37.6 Å². The zero-order valence-electron chi connectivity index (χ0n) is 13.2. The van der Waals surface area contributed by atoms with Gasteiger partial charge in [0.1, 0.15) is 0 Å². The Morgan fingerprint density at radius 1 is 1.27 bits per heavy atom. The summed E-state index contributed by atoms with van der Waals surface area (Å²) in [6.45, 7) is 4.85. The van der Waals surface area contributed by atoms with E-state index in [1.54, 1.807) is 4.57 Å². The fourth-order valence-corrected chi connectivity index (χ4v) is 2.97. The molecule has 2 heterocycles. The lowest BCUT2D eigenvalue weighted by Crippen LogP contribution is -2.34. The first kappa shape index (κ1) is 17.0. The van der Waals surface area contributed by atoms with Crippen LogP contribution in [0, 0.1) is 5.92 Å². The summed E-state index contributed by atoms with van der Waals surface area (Å²) in [5.74, 6) is 0.471. The van der Waals surface area contributed by atoms with Crippen molar-refractivity contribution in [1.82, 2.24) is 9.47 Å². The van der Waals surface area contributed by atoms with Gasteiger partial charge in [0.25, 0.3) is 0 Å². The SMILES string of the molecule is CC1CCN(Cc2c(O)c(=O)cc(CO)n2CCCO)CC1. The molecule has 0 aliphatic carbocycles. The molecular formula is C16H26N2O4. The summed E-state index contributed by atoms with van der Waals surface area (Å²) >= 11 is 0. The molecule has 22 heavy (non-hydrogen) atoms. The molecule has 6 heteroatoms. The molecule has 0 unspecified atom stereocenters. The number of nitrogens with zero attached hydrogens (tertiary/aromatic N) is 2. The van der Waals surface area contributed by atoms with Gasteiger partial charge in [0.2, 0.25) is 5.43 Å². The average Bonchev–Trinajstić information content (AvgIpc) is 2.52. The van der Waals surface area contributed by atoms with E-state index in [2.05, 4.69) is 11.8 Å². The maximum atomic E-state index is 11.9. The van der Waals surface area contributed by atoms with Crippen LogP contribution >= 0.6 is 0 Å². The number of aromatic nitrogens is 1. The molecule has 0 saturated carbocycles. The smallest absolute Gasteiger partial charge is 0.223 e. The third-order valence-electron chi connectivity index (χ3n) is 4.43. The molecule has 0 atom stereocenters. The predicted octanol–water partition coefficient (Wildman–Crippen LogP) is 0.660. The predicted molar refractivity (Wildman–Crippen MR) is 83.7 cm³/mol. The van der Waals surface area contributed by atoms with Crippen molar-refractivity contribution in [3.63, 3.8) is 0 Å². The van der Waals surface area contributed by atoms with Gasteiger partial charge in [-0.1, -0.05) is 6.92 Å². The van der Waals surface area contributed by atoms with Crippen LogP contribution in [0.15, 0.2) is 10.9 Å². The molecule has 1 aromatic rings. The fraction of sp³-hybridized carbons (Fsp3) is 0.688. The Balaban J connectivity index is 2.30. The van der Waals surface area contributed by atoms with Crippen LogP contribution in [-0.4, -0.2) is 44.5 Å². The Labute approximate surface area is 130 Å². The lowest BCUT2D eigenvalue weighted by Gasteiger charge is -2.31. The summed E-state index contributed by atoms with van der Waals surface area (Å²) < 4.78 is 1.77. The fourth-order valence-electron chi connectivity index (χ4n) is 2.97. The standard InChI is InChI=1S/C16H26N2O4/c1-12-3-6-17(7-4-12)10-14-16(22)15(21)9-13(11-20)18(14)5-2-8-19/h9,12,19-20,22H,2-8,10-11H2,1H3. The molecule has 1 aromatic heterocycles. The molecule has 0 aromatic carbocycles. The van der Waals surface area contributed by atoms with E-state index >= 15 is 0 Å². The topological polar surface area (TPSA) is 85.9 Å². The Hall–Kier alpha value is -1.37. The molecule has 6 nitrogen and oxygen atoms in total. The Morgan fingerprint density at radius 2 is 1.95 bits per heavy atom. The van der Waals surface area contributed by atoms with Gasteiger partial charge in [-0.3, -0.25) is 9.69 Å². The van der Waals surface area contributed by atoms with Gasteiger partial charge in [0.05, 0.1) is 12.3 Å². The first-order valence-corrected chi connectivity index (χ1v) is 7.95. The number of likely N-dealkylation sites (tertiary alicyclic amines) is 1. The summed E-state index contributed by atoms with van der Waals surface area (Å²) in [5.41, 5.74) is 0.570. The second-order valence-corrected chi connectivity index (χ2v) is 6.14. The lowest BCUT2D eigenvalue weighted by molar-refractivity contribution is 0.176. The van der Waals surface area contributed by atoms with E-state index < -0.39 is 5.43 Å². The summed E-state index contributed by atoms with van der Waals surface area (Å²) in [6.07, 6.45) is 2.74. The zero-order valence-corrected chi connectivity index (χ0v) is 13.2. The van der Waals surface area contributed by atoms with Gasteiger partial charge in [-0.25, -0.2) is 0 Å². The van der Waals surface area contributed by atoms with E-state index in [4.69, 9.17) is 5.11 Å². The molecule has 0 bridgehead atoms. The first-order valence-electron chi connectivity index (χ1n) is 7.95. The lowest BCUT2D eigenvalue weighted by atomic mass is 9.99. The third-order valence-corrected chi connectivity index (χ3v) is 4.43. The molecule has 0 spiro atoms. The van der Waals surface area contributed by atoms with Crippen LogP contribution in [0.25, 0.3) is 0 Å². The number of hydrogen-bond acceptors (Lipinski definition) is 5. The minimum Gasteiger partial charge on any atom is -0.503 e. The molecule has 3 N–H and O–H groups in total. The molecular weight excluding hydrogens is 284 g/mol. The van der Waals surface area contributed by atoms with Gasteiger partial charge in [-0.05, 0) is 38.3 Å². The minimum atomic E-state index is -0.454.